The molecule has 0 saturated carbocycles. The number of anilines is 1. The van der Waals surface area contributed by atoms with Crippen LogP contribution in [0.15, 0.2) is 63.6 Å². The molecule has 0 radical (unpaired) electrons. The normalized spacial score (nSPS) is 12.0. The second-order valence-corrected chi connectivity index (χ2v) is 9.18. The second-order valence-electron chi connectivity index (χ2n) is 7.03. The fourth-order valence-electron chi connectivity index (χ4n) is 2.97. The molecule has 31 heavy (non-hydrogen) atoms. The molecule has 4 rings (SSSR count). The number of carbonyl (C=O) groups excluding carboxylic acids is 1. The number of aryl methyl sites for hydroxylation is 2. The lowest BCUT2D eigenvalue weighted by Gasteiger charge is -2.07. The fraction of sp³-hybridized carbons (Fsp3) is 0.217. The lowest BCUT2D eigenvalue weighted by atomic mass is 10.1. The summed E-state index contributed by atoms with van der Waals surface area (Å²) >= 11 is 2.63. The Morgan fingerprint density at radius 2 is 1.94 bits per heavy atom. The summed E-state index contributed by atoms with van der Waals surface area (Å²) in [6, 6.07) is 16.1. The van der Waals surface area contributed by atoms with Crippen molar-refractivity contribution >= 4 is 34.1 Å². The van der Waals surface area contributed by atoms with E-state index in [4.69, 9.17) is 4.42 Å². The van der Waals surface area contributed by atoms with Crippen molar-refractivity contribution in [2.45, 2.75) is 37.7 Å². The van der Waals surface area contributed by atoms with Gasteiger partial charge in [0.05, 0.1) is 10.9 Å². The Hall–Kier alpha value is -2.97. The van der Waals surface area contributed by atoms with Gasteiger partial charge in [0.2, 0.25) is 11.8 Å². The first kappa shape index (κ1) is 21.3. The predicted molar refractivity (Wildman–Crippen MR) is 125 cm³/mol. The van der Waals surface area contributed by atoms with Crippen LogP contribution < -0.4 is 5.32 Å². The van der Waals surface area contributed by atoms with E-state index < -0.39 is 5.25 Å². The summed E-state index contributed by atoms with van der Waals surface area (Å²) in [7, 11) is 0. The Balaban J connectivity index is 1.38. The van der Waals surface area contributed by atoms with Gasteiger partial charge in [-0.25, -0.2) is 4.98 Å². The Kier molecular flexibility index (Phi) is 6.48. The van der Waals surface area contributed by atoms with E-state index >= 15 is 0 Å². The third-order valence-corrected chi connectivity index (χ3v) is 6.51. The predicted octanol–water partition coefficient (Wildman–Crippen LogP) is 5.85. The van der Waals surface area contributed by atoms with Crippen molar-refractivity contribution in [3.63, 3.8) is 0 Å². The van der Waals surface area contributed by atoms with E-state index in [9.17, 15) is 4.79 Å². The first-order valence-electron chi connectivity index (χ1n) is 9.95. The van der Waals surface area contributed by atoms with Crippen molar-refractivity contribution in [1.29, 1.82) is 0 Å². The number of amides is 1. The largest absolute Gasteiger partial charge is 0.411 e. The highest BCUT2D eigenvalue weighted by Gasteiger charge is 2.20. The van der Waals surface area contributed by atoms with Gasteiger partial charge in [-0.1, -0.05) is 61.2 Å². The van der Waals surface area contributed by atoms with Gasteiger partial charge in [0.1, 0.15) is 0 Å². The number of thiazole rings is 1. The maximum Gasteiger partial charge on any atom is 0.277 e. The fourth-order valence-corrected chi connectivity index (χ4v) is 4.37. The van der Waals surface area contributed by atoms with Crippen molar-refractivity contribution in [2.75, 3.05) is 5.32 Å². The maximum atomic E-state index is 12.6. The summed E-state index contributed by atoms with van der Waals surface area (Å²) in [5.74, 6) is 0.287. The first-order valence-corrected chi connectivity index (χ1v) is 11.7. The summed E-state index contributed by atoms with van der Waals surface area (Å²) in [4.78, 5) is 17.2. The van der Waals surface area contributed by atoms with Crippen LogP contribution in [0.1, 0.15) is 25.0 Å². The average molecular weight is 451 g/mol. The van der Waals surface area contributed by atoms with E-state index in [0.717, 1.165) is 28.8 Å². The van der Waals surface area contributed by atoms with Crippen LogP contribution in [0, 0.1) is 6.92 Å². The monoisotopic (exact) mass is 450 g/mol. The highest BCUT2D eigenvalue weighted by atomic mass is 32.2. The first-order chi connectivity index (χ1) is 15.0. The van der Waals surface area contributed by atoms with Gasteiger partial charge < -0.3 is 9.73 Å². The molecular weight excluding hydrogens is 428 g/mol. The van der Waals surface area contributed by atoms with Crippen molar-refractivity contribution < 1.29 is 9.21 Å². The van der Waals surface area contributed by atoms with E-state index in [1.165, 1.54) is 28.7 Å². The highest BCUT2D eigenvalue weighted by molar-refractivity contribution is 8.00. The van der Waals surface area contributed by atoms with Gasteiger partial charge in [0, 0.05) is 16.5 Å². The molecule has 1 amide bonds. The van der Waals surface area contributed by atoms with Crippen molar-refractivity contribution in [2.24, 2.45) is 0 Å². The van der Waals surface area contributed by atoms with E-state index in [1.54, 1.807) is 6.92 Å². The number of nitrogens with zero attached hydrogens (tertiary/aromatic N) is 3. The topological polar surface area (TPSA) is 80.9 Å². The smallest absolute Gasteiger partial charge is 0.277 e. The van der Waals surface area contributed by atoms with Crippen molar-refractivity contribution in [3.05, 3.63) is 65.0 Å². The van der Waals surface area contributed by atoms with E-state index in [2.05, 4.69) is 51.7 Å². The summed E-state index contributed by atoms with van der Waals surface area (Å²) in [6.45, 7) is 5.92. The van der Waals surface area contributed by atoms with Gasteiger partial charge >= 0.3 is 0 Å². The summed E-state index contributed by atoms with van der Waals surface area (Å²) in [5.41, 5.74) is 5.11. The number of hydrogen-bond acceptors (Lipinski definition) is 7. The standard InChI is InChI=1S/C23H22N4O2S2/c1-4-16-9-11-17(12-10-16)19-13-30-22(24-19)25-20(28)15(3)31-23-27-26-21(29-23)18-8-6-5-7-14(18)2/h5-13,15H,4H2,1-3H3,(H,24,25,28)/t15-/m0/s1. The number of aromatic nitrogens is 3. The molecule has 2 heterocycles. The van der Waals surface area contributed by atoms with Crippen LogP contribution in [-0.4, -0.2) is 26.3 Å². The van der Waals surface area contributed by atoms with Crippen LogP contribution in [0.3, 0.4) is 0 Å². The molecule has 4 aromatic rings. The molecule has 0 fully saturated rings. The minimum atomic E-state index is -0.415. The number of thioether (sulfide) groups is 1. The van der Waals surface area contributed by atoms with E-state index in [1.807, 2.05) is 36.6 Å². The number of hydrogen-bond donors (Lipinski definition) is 1. The van der Waals surface area contributed by atoms with Gasteiger partial charge in [0.15, 0.2) is 5.13 Å². The summed E-state index contributed by atoms with van der Waals surface area (Å²) < 4.78 is 5.75. The molecule has 0 aliphatic rings. The van der Waals surface area contributed by atoms with Gasteiger partial charge in [-0.2, -0.15) is 0 Å². The minimum absolute atomic E-state index is 0.164. The molecule has 158 valence electrons. The molecule has 6 nitrogen and oxygen atoms in total. The molecule has 2 aromatic carbocycles. The van der Waals surface area contributed by atoms with Crippen LogP contribution in [0.25, 0.3) is 22.7 Å². The quantitative estimate of drug-likeness (QED) is 0.356. The lowest BCUT2D eigenvalue weighted by Crippen LogP contribution is -2.22. The number of rotatable bonds is 7. The van der Waals surface area contributed by atoms with Gasteiger partial charge in [-0.05, 0) is 37.5 Å². The minimum Gasteiger partial charge on any atom is -0.411 e. The molecule has 0 bridgehead atoms. The van der Waals surface area contributed by atoms with Crippen LogP contribution in [0.4, 0.5) is 5.13 Å². The maximum absolute atomic E-state index is 12.6. The Bertz CT molecular complexity index is 1180. The summed E-state index contributed by atoms with van der Waals surface area (Å²) in [5, 5.41) is 13.5. The molecule has 0 spiro atoms. The SMILES string of the molecule is CCc1ccc(-c2csc(NC(=O)[C@H](C)Sc3nnc(-c4ccccc4C)o3)n2)cc1. The number of nitrogens with one attached hydrogen (secondary N) is 1. The third-order valence-electron chi connectivity index (χ3n) is 4.82. The average Bonchev–Trinajstić information content (AvgIpc) is 3.44. The van der Waals surface area contributed by atoms with Crippen LogP contribution >= 0.6 is 23.1 Å². The Morgan fingerprint density at radius 3 is 2.68 bits per heavy atom. The van der Waals surface area contributed by atoms with Crippen LogP contribution in [0.5, 0.6) is 0 Å². The zero-order valence-electron chi connectivity index (χ0n) is 17.5. The third kappa shape index (κ3) is 5.03. The lowest BCUT2D eigenvalue weighted by molar-refractivity contribution is -0.115. The second kappa shape index (κ2) is 9.45. The molecule has 8 heteroatoms. The van der Waals surface area contributed by atoms with Gasteiger partial charge in [-0.3, -0.25) is 4.79 Å². The molecular formula is C23H22N4O2S2. The number of carbonyl (C=O) groups is 1. The molecule has 0 unspecified atom stereocenters. The molecule has 0 aliphatic heterocycles. The zero-order chi connectivity index (χ0) is 21.8. The van der Waals surface area contributed by atoms with Gasteiger partial charge in [-0.15, -0.1) is 21.5 Å². The van der Waals surface area contributed by atoms with Gasteiger partial charge in [0.25, 0.3) is 5.22 Å². The molecule has 0 saturated heterocycles. The molecule has 0 aliphatic carbocycles. The molecule has 1 atom stereocenters. The highest BCUT2D eigenvalue weighted by Crippen LogP contribution is 2.29. The molecule has 2 aromatic heterocycles. The van der Waals surface area contributed by atoms with E-state index in [-0.39, 0.29) is 5.91 Å². The number of benzene rings is 2. The van der Waals surface area contributed by atoms with Crippen LogP contribution in [-0.2, 0) is 11.2 Å². The summed E-state index contributed by atoms with van der Waals surface area (Å²) in [6.07, 6.45) is 1.00. The Morgan fingerprint density at radius 1 is 1.16 bits per heavy atom. The molecule has 1 N–H and O–H groups in total. The Labute approximate surface area is 189 Å². The zero-order valence-corrected chi connectivity index (χ0v) is 19.1. The van der Waals surface area contributed by atoms with Crippen molar-refractivity contribution in [1.82, 2.24) is 15.2 Å². The van der Waals surface area contributed by atoms with E-state index in [0.29, 0.717) is 16.2 Å². The van der Waals surface area contributed by atoms with Crippen LogP contribution in [0.2, 0.25) is 0 Å². The van der Waals surface area contributed by atoms with Crippen molar-refractivity contribution in [3.8, 4) is 22.7 Å².